The standard InChI is InChI=1S/C48H29N3.2C47H28N2/c1-49-33-24-26-48-44(28-33)43-27-32(23-25-47(43)51(48)34-15-6-3-7-16-34)39-29-40-37-19-10-11-20-38(37)42(30-41(40)36-18-9-8-17-35(36)39)46-22-12-21-45(50-46)31-13-4-2-5-14-31;1-48-34-22-24-47-45(27-34)44-26-33(21-23-46(44)49(47)35-13-3-2-4-14-35)41-29-43-38-17-9-7-15-36(38)40(28-42(43)39-18-10-8-16-37(39)41)32-20-19-30-11-5-6-12-31(30)25-32;1-48-32-23-25-47-45(27-32)44-26-31(22-24-46(44)49(47)33-14-3-2-4-15-33)40-28-42-39-20-10-9-19-38(39)41(29-43(42)37-18-8-7-17-36(37)40)35-21-11-13-30-12-5-6-16-34(30)35/h2-30H;2*2-29H. The smallest absolute Gasteiger partial charge is 0.188 e. The maximum absolute atomic E-state index is 7.74. The predicted molar refractivity (Wildman–Crippen MR) is 630 cm³/mol. The van der Waals surface area contributed by atoms with Crippen LogP contribution in [0, 0.1) is 19.7 Å². The van der Waals surface area contributed by atoms with Crippen LogP contribution < -0.4 is 0 Å². The lowest BCUT2D eigenvalue weighted by molar-refractivity contribution is 1.18. The molecule has 0 fully saturated rings. The Balaban J connectivity index is 0.000000108. The van der Waals surface area contributed by atoms with Crippen LogP contribution in [0.4, 0.5) is 17.1 Å². The van der Waals surface area contributed by atoms with Crippen LogP contribution in [0.5, 0.6) is 0 Å². The van der Waals surface area contributed by atoms with E-state index in [1.54, 1.807) is 0 Å². The van der Waals surface area contributed by atoms with Gasteiger partial charge in [-0.2, -0.15) is 0 Å². The summed E-state index contributed by atoms with van der Waals surface area (Å²) in [6.07, 6.45) is 0. The highest BCUT2D eigenvalue weighted by Crippen LogP contribution is 2.51. The number of nitrogens with zero attached hydrogens (tertiary/aromatic N) is 7. The molecule has 0 atom stereocenters. The molecule has 0 aliphatic rings. The molecule has 688 valence electrons. The average molecular weight is 1890 g/mol. The van der Waals surface area contributed by atoms with Crippen molar-refractivity contribution in [2.75, 3.05) is 0 Å². The number of hydrogen-bond donors (Lipinski definition) is 0. The number of hydrogen-bond acceptors (Lipinski definition) is 1. The Labute approximate surface area is 858 Å². The molecule has 7 nitrogen and oxygen atoms in total. The second-order valence-electron chi connectivity index (χ2n) is 38.6. The molecule has 26 aromatic carbocycles. The Morgan fingerprint density at radius 3 is 0.779 bits per heavy atom. The van der Waals surface area contributed by atoms with Crippen LogP contribution >= 0.6 is 0 Å². The molecule has 0 saturated heterocycles. The molecule has 0 unspecified atom stereocenters. The van der Waals surface area contributed by atoms with Crippen molar-refractivity contribution in [3.05, 3.63) is 550 Å². The molecule has 0 radical (unpaired) electrons. The summed E-state index contributed by atoms with van der Waals surface area (Å²) in [7, 11) is 0. The lowest BCUT2D eigenvalue weighted by Gasteiger charge is -2.17. The van der Waals surface area contributed by atoms with Gasteiger partial charge in [0.05, 0.1) is 64.2 Å². The van der Waals surface area contributed by atoms with Crippen molar-refractivity contribution in [3.8, 4) is 95.2 Å². The van der Waals surface area contributed by atoms with Gasteiger partial charge in [0.2, 0.25) is 0 Å². The summed E-state index contributed by atoms with van der Waals surface area (Å²) < 4.78 is 6.92. The van der Waals surface area contributed by atoms with E-state index in [9.17, 15) is 0 Å². The topological polar surface area (TPSA) is 40.8 Å². The number of pyridine rings is 1. The molecule has 0 spiro atoms. The summed E-state index contributed by atoms with van der Waals surface area (Å²) in [4.78, 5) is 16.5. The lowest BCUT2D eigenvalue weighted by Crippen LogP contribution is -1.93. The van der Waals surface area contributed by atoms with E-state index in [0.717, 1.165) is 122 Å². The number of aromatic nitrogens is 4. The van der Waals surface area contributed by atoms with E-state index in [1.165, 1.54) is 157 Å². The Morgan fingerprint density at radius 2 is 0.403 bits per heavy atom. The first kappa shape index (κ1) is 86.5. The first-order valence-corrected chi connectivity index (χ1v) is 50.4. The highest BCUT2D eigenvalue weighted by molar-refractivity contribution is 6.29. The van der Waals surface area contributed by atoms with Crippen LogP contribution in [-0.2, 0) is 0 Å². The van der Waals surface area contributed by atoms with Crippen molar-refractivity contribution in [3.63, 3.8) is 0 Å². The zero-order valence-corrected chi connectivity index (χ0v) is 80.7. The molecular weight excluding hydrogens is 1800 g/mol. The Hall–Kier alpha value is -20.4. The van der Waals surface area contributed by atoms with Crippen molar-refractivity contribution in [2.45, 2.75) is 0 Å². The summed E-state index contributed by atoms with van der Waals surface area (Å²) in [5, 5.41) is 33.8. The zero-order chi connectivity index (χ0) is 98.8. The van der Waals surface area contributed by atoms with Crippen molar-refractivity contribution in [2.24, 2.45) is 0 Å². The molecule has 7 heteroatoms. The van der Waals surface area contributed by atoms with Gasteiger partial charge < -0.3 is 13.7 Å². The Bertz CT molecular complexity index is 11000. The van der Waals surface area contributed by atoms with Crippen LogP contribution in [-0.4, -0.2) is 18.7 Å². The summed E-state index contributed by atoms with van der Waals surface area (Å²) in [6.45, 7) is 23.2. The highest BCUT2D eigenvalue weighted by atomic mass is 15.0. The quantitative estimate of drug-likeness (QED) is 0.0994. The molecule has 30 rings (SSSR count). The average Bonchev–Trinajstić information content (AvgIpc) is 1.18. The summed E-state index contributed by atoms with van der Waals surface area (Å²) >= 11 is 0. The Morgan fingerprint density at radius 1 is 0.141 bits per heavy atom. The first-order valence-electron chi connectivity index (χ1n) is 50.4. The van der Waals surface area contributed by atoms with Gasteiger partial charge in [-0.25, -0.2) is 19.5 Å². The van der Waals surface area contributed by atoms with Gasteiger partial charge in [0.1, 0.15) is 0 Å². The third-order valence-corrected chi connectivity index (χ3v) is 30.5. The van der Waals surface area contributed by atoms with Crippen molar-refractivity contribution in [1.82, 2.24) is 18.7 Å². The summed E-state index contributed by atoms with van der Waals surface area (Å²) in [5.74, 6) is 0. The van der Waals surface area contributed by atoms with E-state index in [4.69, 9.17) is 24.7 Å². The van der Waals surface area contributed by atoms with Crippen molar-refractivity contribution < 1.29 is 0 Å². The van der Waals surface area contributed by atoms with E-state index in [-0.39, 0.29) is 0 Å². The van der Waals surface area contributed by atoms with Crippen LogP contribution in [0.15, 0.2) is 516 Å². The van der Waals surface area contributed by atoms with E-state index < -0.39 is 0 Å². The third-order valence-electron chi connectivity index (χ3n) is 30.5. The molecule has 0 aliphatic heterocycles. The normalized spacial score (nSPS) is 11.6. The minimum absolute atomic E-state index is 0.641. The van der Waals surface area contributed by atoms with Crippen LogP contribution in [0.25, 0.3) is 294 Å². The fourth-order valence-corrected chi connectivity index (χ4v) is 23.7. The van der Waals surface area contributed by atoms with E-state index in [0.29, 0.717) is 17.1 Å². The zero-order valence-electron chi connectivity index (χ0n) is 80.7. The minimum atomic E-state index is 0.641. The molecule has 0 aliphatic carbocycles. The molecule has 30 aromatic rings. The van der Waals surface area contributed by atoms with Crippen molar-refractivity contribution >= 4 is 201 Å². The van der Waals surface area contributed by atoms with Gasteiger partial charge in [0.15, 0.2) is 17.1 Å². The number of para-hydroxylation sites is 3. The van der Waals surface area contributed by atoms with Gasteiger partial charge in [-0.15, -0.1) is 0 Å². The van der Waals surface area contributed by atoms with E-state index >= 15 is 0 Å². The molecule has 4 aromatic heterocycles. The first-order chi connectivity index (χ1) is 73.8. The Kier molecular flexibility index (Phi) is 20.7. The molecule has 4 heterocycles. The van der Waals surface area contributed by atoms with Gasteiger partial charge in [-0.1, -0.05) is 352 Å². The second kappa shape index (κ2) is 35.6. The molecule has 0 bridgehead atoms. The van der Waals surface area contributed by atoms with Crippen LogP contribution in [0.3, 0.4) is 0 Å². The van der Waals surface area contributed by atoms with E-state index in [1.807, 2.05) is 60.7 Å². The lowest BCUT2D eigenvalue weighted by atomic mass is 9.86. The maximum atomic E-state index is 7.74. The highest BCUT2D eigenvalue weighted by Gasteiger charge is 2.26. The third kappa shape index (κ3) is 14.5. The van der Waals surface area contributed by atoms with Crippen LogP contribution in [0.1, 0.15) is 0 Å². The van der Waals surface area contributed by atoms with Crippen molar-refractivity contribution in [1.29, 1.82) is 0 Å². The predicted octanol–water partition coefficient (Wildman–Crippen LogP) is 39.8. The largest absolute Gasteiger partial charge is 0.309 e. The summed E-state index contributed by atoms with van der Waals surface area (Å²) in [6, 6.07) is 184. The number of rotatable bonds is 10. The molecule has 0 N–H and O–H groups in total. The van der Waals surface area contributed by atoms with Gasteiger partial charge in [0.25, 0.3) is 0 Å². The summed E-state index contributed by atoms with van der Waals surface area (Å²) in [5.41, 5.74) is 28.1. The molecule has 0 amide bonds. The fraction of sp³-hybridized carbons (Fsp3) is 0. The van der Waals surface area contributed by atoms with Crippen LogP contribution in [0.2, 0.25) is 0 Å². The monoisotopic (exact) mass is 1890 g/mol. The van der Waals surface area contributed by atoms with Gasteiger partial charge in [-0.05, 0) is 354 Å². The molecular formula is C142H85N7. The molecule has 0 saturated carbocycles. The maximum Gasteiger partial charge on any atom is 0.188 e. The fourth-order valence-electron chi connectivity index (χ4n) is 23.7. The molecule has 149 heavy (non-hydrogen) atoms. The second-order valence-corrected chi connectivity index (χ2v) is 38.6. The van der Waals surface area contributed by atoms with E-state index in [2.05, 4.69) is 483 Å². The van der Waals surface area contributed by atoms with Gasteiger partial charge >= 0.3 is 0 Å². The SMILES string of the molecule is [C-]#[N+]c1ccc2c(c1)c1cc(-c3cc4c5ccccc5c(-c5ccc6ccccc6c5)cc4c4ccccc34)ccc1n2-c1ccccc1.[C-]#[N+]c1ccc2c(c1)c1cc(-c3cc4c5ccccc5c(-c5cccc(-c6ccccc6)n5)cc4c4ccccc34)ccc1n2-c1ccccc1.[C-]#[N+]c1ccc2c(c1)c1cc(-c3cc4c5ccccc5c(-c5cccc6ccccc56)cc4c4ccccc34)ccc1n2-c1ccccc1. The van der Waals surface area contributed by atoms with Gasteiger partial charge in [0, 0.05) is 44.3 Å². The minimum Gasteiger partial charge on any atom is -0.309 e. The number of fused-ring (bicyclic) bond motifs is 26. The van der Waals surface area contributed by atoms with Gasteiger partial charge in [-0.3, -0.25) is 0 Å². The number of benzene rings is 26.